The number of aromatic nitrogens is 2. The van der Waals surface area contributed by atoms with Gasteiger partial charge in [-0.25, -0.2) is 9.97 Å². The molecule has 1 aliphatic heterocycles. The second-order valence-corrected chi connectivity index (χ2v) is 5.27. The van der Waals surface area contributed by atoms with Crippen LogP contribution in [0.5, 0.6) is 5.75 Å². The van der Waals surface area contributed by atoms with E-state index >= 15 is 0 Å². The maximum absolute atomic E-state index is 9.95. The fourth-order valence-electron chi connectivity index (χ4n) is 2.48. The summed E-state index contributed by atoms with van der Waals surface area (Å²) in [5.41, 5.74) is 1.52. The van der Waals surface area contributed by atoms with E-state index in [4.69, 9.17) is 4.74 Å². The third-order valence-electron chi connectivity index (χ3n) is 3.57. The summed E-state index contributed by atoms with van der Waals surface area (Å²) in [7, 11) is 0. The summed E-state index contributed by atoms with van der Waals surface area (Å²) in [5, 5.41) is 13.4. The van der Waals surface area contributed by atoms with Crippen molar-refractivity contribution in [2.75, 3.05) is 18.5 Å². The Balaban J connectivity index is 1.87. The largest absolute Gasteiger partial charge is 0.507 e. The van der Waals surface area contributed by atoms with Gasteiger partial charge in [0.05, 0.1) is 5.56 Å². The van der Waals surface area contributed by atoms with Crippen molar-refractivity contribution in [3.8, 4) is 17.1 Å². The molecule has 0 amide bonds. The van der Waals surface area contributed by atoms with E-state index in [0.29, 0.717) is 17.4 Å². The maximum Gasteiger partial charge on any atom is 0.165 e. The van der Waals surface area contributed by atoms with Crippen LogP contribution in [-0.4, -0.2) is 34.3 Å². The number of phenols is 1. The van der Waals surface area contributed by atoms with Crippen LogP contribution < -0.4 is 5.32 Å². The smallest absolute Gasteiger partial charge is 0.165 e. The highest BCUT2D eigenvalue weighted by Crippen LogP contribution is 2.27. The van der Waals surface area contributed by atoms with Crippen molar-refractivity contribution in [1.82, 2.24) is 9.97 Å². The predicted molar refractivity (Wildman–Crippen MR) is 81.3 cm³/mol. The molecule has 2 heterocycles. The highest BCUT2D eigenvalue weighted by atomic mass is 16.5. The summed E-state index contributed by atoms with van der Waals surface area (Å²) in [6.07, 6.45) is 1.96. The van der Waals surface area contributed by atoms with Gasteiger partial charge >= 0.3 is 0 Å². The Morgan fingerprint density at radius 2 is 1.95 bits per heavy atom. The van der Waals surface area contributed by atoms with Crippen LogP contribution in [0.3, 0.4) is 0 Å². The molecular formula is C16H19N3O2. The minimum absolute atomic E-state index is 0.195. The van der Waals surface area contributed by atoms with Gasteiger partial charge < -0.3 is 15.2 Å². The molecule has 1 aromatic heterocycles. The molecular weight excluding hydrogens is 266 g/mol. The van der Waals surface area contributed by atoms with Gasteiger partial charge in [-0.3, -0.25) is 0 Å². The van der Waals surface area contributed by atoms with Crippen molar-refractivity contribution in [3.63, 3.8) is 0 Å². The molecule has 110 valence electrons. The molecule has 0 bridgehead atoms. The lowest BCUT2D eigenvalue weighted by molar-refractivity contribution is 0.0904. The van der Waals surface area contributed by atoms with Gasteiger partial charge in [-0.05, 0) is 31.9 Å². The number of aromatic hydroxyl groups is 1. The zero-order valence-electron chi connectivity index (χ0n) is 12.0. The second-order valence-electron chi connectivity index (χ2n) is 5.27. The molecule has 0 spiro atoms. The summed E-state index contributed by atoms with van der Waals surface area (Å²) >= 11 is 0. The number of hydrogen-bond donors (Lipinski definition) is 2. The normalized spacial score (nSPS) is 15.9. The van der Waals surface area contributed by atoms with Gasteiger partial charge in [-0.2, -0.15) is 0 Å². The molecule has 2 aromatic rings. The van der Waals surface area contributed by atoms with Crippen LogP contribution in [0.25, 0.3) is 11.4 Å². The minimum atomic E-state index is 0.195. The molecule has 0 saturated carbocycles. The Morgan fingerprint density at radius 1 is 1.19 bits per heavy atom. The molecule has 1 fully saturated rings. The topological polar surface area (TPSA) is 67.3 Å². The fraction of sp³-hybridized carbons (Fsp3) is 0.375. The van der Waals surface area contributed by atoms with Crippen molar-refractivity contribution in [1.29, 1.82) is 0 Å². The van der Waals surface area contributed by atoms with E-state index in [1.54, 1.807) is 12.1 Å². The van der Waals surface area contributed by atoms with Crippen LogP contribution in [-0.2, 0) is 4.74 Å². The van der Waals surface area contributed by atoms with E-state index < -0.39 is 0 Å². The molecule has 1 saturated heterocycles. The first-order chi connectivity index (χ1) is 10.2. The molecule has 0 atom stereocenters. The Kier molecular flexibility index (Phi) is 4.01. The Morgan fingerprint density at radius 3 is 2.71 bits per heavy atom. The number of nitrogens with zero attached hydrogens (tertiary/aromatic N) is 2. The van der Waals surface area contributed by atoms with E-state index in [2.05, 4.69) is 15.3 Å². The van der Waals surface area contributed by atoms with Crippen LogP contribution in [0.1, 0.15) is 18.5 Å². The first kappa shape index (κ1) is 13.8. The monoisotopic (exact) mass is 285 g/mol. The molecule has 1 aliphatic rings. The molecule has 2 N–H and O–H groups in total. The first-order valence-corrected chi connectivity index (χ1v) is 7.21. The lowest BCUT2D eigenvalue weighted by Gasteiger charge is -2.23. The quantitative estimate of drug-likeness (QED) is 0.907. The van der Waals surface area contributed by atoms with Gasteiger partial charge in [0, 0.05) is 31.0 Å². The number of rotatable bonds is 3. The number of para-hydroxylation sites is 1. The van der Waals surface area contributed by atoms with Gasteiger partial charge in [0.25, 0.3) is 0 Å². The van der Waals surface area contributed by atoms with Crippen molar-refractivity contribution >= 4 is 5.82 Å². The van der Waals surface area contributed by atoms with Crippen LogP contribution in [0.4, 0.5) is 5.82 Å². The molecule has 5 nitrogen and oxygen atoms in total. The molecule has 3 rings (SSSR count). The molecule has 0 aliphatic carbocycles. The number of benzene rings is 1. The highest BCUT2D eigenvalue weighted by Gasteiger charge is 2.15. The fourth-order valence-corrected chi connectivity index (χ4v) is 2.48. The minimum Gasteiger partial charge on any atom is -0.507 e. The van der Waals surface area contributed by atoms with Gasteiger partial charge in [0.1, 0.15) is 11.6 Å². The summed E-state index contributed by atoms with van der Waals surface area (Å²) in [6.45, 7) is 3.50. The average Bonchev–Trinajstić information content (AvgIpc) is 2.48. The van der Waals surface area contributed by atoms with Gasteiger partial charge in [0.15, 0.2) is 5.82 Å². The van der Waals surface area contributed by atoms with Crippen LogP contribution in [0.15, 0.2) is 30.3 Å². The standard InChI is InChI=1S/C16H19N3O2/c1-11-10-15(18-12-6-8-21-9-7-12)19-16(17-11)13-4-2-3-5-14(13)20/h2-5,10,12,20H,6-9H2,1H3,(H,17,18,19). The summed E-state index contributed by atoms with van der Waals surface area (Å²) in [4.78, 5) is 8.96. The van der Waals surface area contributed by atoms with E-state index in [-0.39, 0.29) is 5.75 Å². The van der Waals surface area contributed by atoms with Crippen molar-refractivity contribution in [2.24, 2.45) is 0 Å². The Labute approximate surface area is 124 Å². The summed E-state index contributed by atoms with van der Waals surface area (Å²) < 4.78 is 5.36. The maximum atomic E-state index is 9.95. The van der Waals surface area contributed by atoms with E-state index in [0.717, 1.165) is 37.6 Å². The average molecular weight is 285 g/mol. The first-order valence-electron chi connectivity index (χ1n) is 7.21. The van der Waals surface area contributed by atoms with Gasteiger partial charge in [-0.15, -0.1) is 0 Å². The van der Waals surface area contributed by atoms with Crippen LogP contribution in [0.2, 0.25) is 0 Å². The Bertz CT molecular complexity index is 625. The number of anilines is 1. The number of aryl methyl sites for hydroxylation is 1. The number of hydrogen-bond acceptors (Lipinski definition) is 5. The molecule has 5 heteroatoms. The lowest BCUT2D eigenvalue weighted by atomic mass is 10.1. The molecule has 0 unspecified atom stereocenters. The van der Waals surface area contributed by atoms with Crippen molar-refractivity contribution in [3.05, 3.63) is 36.0 Å². The van der Waals surface area contributed by atoms with Gasteiger partial charge in [-0.1, -0.05) is 12.1 Å². The van der Waals surface area contributed by atoms with E-state index in [1.165, 1.54) is 0 Å². The number of phenolic OH excluding ortho intramolecular Hbond substituents is 1. The van der Waals surface area contributed by atoms with Crippen molar-refractivity contribution in [2.45, 2.75) is 25.8 Å². The third kappa shape index (κ3) is 3.31. The highest BCUT2D eigenvalue weighted by molar-refractivity contribution is 5.64. The summed E-state index contributed by atoms with van der Waals surface area (Å²) in [5.74, 6) is 1.54. The lowest BCUT2D eigenvalue weighted by Crippen LogP contribution is -2.28. The van der Waals surface area contributed by atoms with Gasteiger partial charge in [0.2, 0.25) is 0 Å². The van der Waals surface area contributed by atoms with Crippen LogP contribution in [0, 0.1) is 6.92 Å². The zero-order chi connectivity index (χ0) is 14.7. The van der Waals surface area contributed by atoms with E-state index in [1.807, 2.05) is 25.1 Å². The number of ether oxygens (including phenoxy) is 1. The predicted octanol–water partition coefficient (Wildman–Crippen LogP) is 2.75. The Hall–Kier alpha value is -2.14. The number of nitrogens with one attached hydrogen (secondary N) is 1. The molecule has 0 radical (unpaired) electrons. The van der Waals surface area contributed by atoms with Crippen LogP contribution >= 0.6 is 0 Å². The third-order valence-corrected chi connectivity index (χ3v) is 3.57. The molecule has 1 aromatic carbocycles. The van der Waals surface area contributed by atoms with Crippen molar-refractivity contribution < 1.29 is 9.84 Å². The summed E-state index contributed by atoms with van der Waals surface area (Å²) in [6, 6.07) is 9.43. The molecule has 21 heavy (non-hydrogen) atoms. The van der Waals surface area contributed by atoms with E-state index in [9.17, 15) is 5.11 Å². The second kappa shape index (κ2) is 6.10. The zero-order valence-corrected chi connectivity index (χ0v) is 12.0. The SMILES string of the molecule is Cc1cc(NC2CCOCC2)nc(-c2ccccc2O)n1.